The number of benzene rings is 10. The zero-order valence-electron chi connectivity index (χ0n) is 43.9. The molecule has 0 aliphatic heterocycles. The van der Waals surface area contributed by atoms with Crippen molar-refractivity contribution in [3.8, 4) is 33.4 Å². The smallest absolute Gasteiger partial charge is 0.0616 e. The van der Waals surface area contributed by atoms with Gasteiger partial charge >= 0.3 is 0 Å². The lowest BCUT2D eigenvalue weighted by Crippen LogP contribution is -1.91. The first-order valence-corrected chi connectivity index (χ1v) is 15.1. The maximum absolute atomic E-state index is 9.91. The first-order chi connectivity index (χ1) is 31.7. The van der Waals surface area contributed by atoms with Crippen molar-refractivity contribution in [1.29, 1.82) is 0 Å². The SMILES string of the molecule is [2H]c1c([2H])c(-c2ccc3c4ccccc4c4ccccc4c3c2)c([2H])c(-c2c3c([2H])c([2H])c([2H])c([2H])c3c(-c3c([2H])c([2H])c4c([2H])c([2H])c([2H])c([2H])c4c3[2H])c3c([2H])c([2H])c([2H])c([2H])c23)c1[2H]. The molecule has 10 aromatic carbocycles. The molecule has 0 heterocycles. The highest BCUT2D eigenvalue weighted by Gasteiger charge is 2.17. The van der Waals surface area contributed by atoms with Crippen molar-refractivity contribution in [3.05, 3.63) is 182 Å². The van der Waals surface area contributed by atoms with Gasteiger partial charge in [0, 0.05) is 0 Å². The Morgan fingerprint density at radius 1 is 0.292 bits per heavy atom. The monoisotopic (exact) mass is 625 g/mol. The van der Waals surface area contributed by atoms with Crippen LogP contribution in [0.2, 0.25) is 0 Å². The standard InChI is InChI=1S/C48H30/c1-2-13-32-28-36(25-24-31(32)12-1)48-44-22-9-7-20-42(44)47(43-21-8-10-23-45(43)48)35-15-11-14-33(29-35)34-26-27-41-39-18-4-3-16-37(39)38-17-5-6-19-40(38)46(41)30-34/h1-30H/i1D,2D,7D,8D,9D,10D,11D,12D,13D,14D,15D,20D,21D,22D,23D,24D,25D,28D,29D. The summed E-state index contributed by atoms with van der Waals surface area (Å²) in [5.41, 5.74) is -2.08. The lowest BCUT2D eigenvalue weighted by Gasteiger charge is -2.18. The fourth-order valence-corrected chi connectivity index (χ4v) is 6.71. The summed E-state index contributed by atoms with van der Waals surface area (Å²) >= 11 is 0. The average molecular weight is 626 g/mol. The van der Waals surface area contributed by atoms with Gasteiger partial charge in [0.25, 0.3) is 0 Å². The second kappa shape index (κ2) is 10.7. The summed E-state index contributed by atoms with van der Waals surface area (Å²) in [6, 6.07) is 6.03. The molecule has 0 spiro atoms. The normalized spacial score (nSPS) is 17.3. The van der Waals surface area contributed by atoms with Gasteiger partial charge in [-0.1, -0.05) is 163 Å². The molecule has 0 nitrogen and oxygen atoms in total. The van der Waals surface area contributed by atoms with Crippen molar-refractivity contribution in [3.63, 3.8) is 0 Å². The Morgan fingerprint density at radius 2 is 0.771 bits per heavy atom. The number of hydrogen-bond acceptors (Lipinski definition) is 0. The molecule has 0 saturated carbocycles. The Morgan fingerprint density at radius 3 is 1.38 bits per heavy atom. The van der Waals surface area contributed by atoms with Crippen LogP contribution in [0.4, 0.5) is 0 Å². The van der Waals surface area contributed by atoms with Crippen LogP contribution in [0.25, 0.3) is 98.0 Å². The minimum Gasteiger partial charge on any atom is -0.0616 e. The molecule has 0 radical (unpaired) electrons. The largest absolute Gasteiger partial charge is 0.0636 e. The Balaban J connectivity index is 1.44. The first kappa shape index (κ1) is 14.3. The molecule has 0 heteroatoms. The Hall–Kier alpha value is -6.24. The lowest BCUT2D eigenvalue weighted by atomic mass is 9.85. The van der Waals surface area contributed by atoms with E-state index in [0.717, 1.165) is 32.3 Å². The Labute approximate surface area is 305 Å². The molecule has 0 aromatic heterocycles. The molecule has 0 bridgehead atoms. The summed E-state index contributed by atoms with van der Waals surface area (Å²) in [6.45, 7) is 0. The van der Waals surface area contributed by atoms with Crippen molar-refractivity contribution >= 4 is 64.6 Å². The molecule has 10 rings (SSSR count). The van der Waals surface area contributed by atoms with Crippen molar-refractivity contribution in [1.82, 2.24) is 0 Å². The van der Waals surface area contributed by atoms with E-state index < -0.39 is 169 Å². The Bertz CT molecular complexity index is 3860. The maximum atomic E-state index is 9.91. The third kappa shape index (κ3) is 4.10. The lowest BCUT2D eigenvalue weighted by molar-refractivity contribution is 1.63. The van der Waals surface area contributed by atoms with Crippen LogP contribution in [0.5, 0.6) is 0 Å². The van der Waals surface area contributed by atoms with Crippen LogP contribution in [0.1, 0.15) is 26.0 Å². The van der Waals surface area contributed by atoms with Gasteiger partial charge in [-0.25, -0.2) is 0 Å². The van der Waals surface area contributed by atoms with Gasteiger partial charge in [0.1, 0.15) is 0 Å². The minimum atomic E-state index is -0.856. The van der Waals surface area contributed by atoms with Gasteiger partial charge < -0.3 is 0 Å². The van der Waals surface area contributed by atoms with Crippen LogP contribution >= 0.6 is 0 Å². The molecule has 0 saturated heterocycles. The number of rotatable bonds is 3. The maximum Gasteiger partial charge on any atom is 0.0636 e. The topological polar surface area (TPSA) is 0 Å². The molecule has 0 fully saturated rings. The van der Waals surface area contributed by atoms with E-state index in [1.807, 2.05) is 54.6 Å². The second-order valence-electron chi connectivity index (χ2n) is 11.4. The molecule has 10 aromatic rings. The van der Waals surface area contributed by atoms with Gasteiger partial charge in [0.05, 0.1) is 26.0 Å². The van der Waals surface area contributed by atoms with Crippen molar-refractivity contribution in [2.24, 2.45) is 0 Å². The van der Waals surface area contributed by atoms with E-state index in [4.69, 9.17) is 12.3 Å². The van der Waals surface area contributed by atoms with Gasteiger partial charge in [0.15, 0.2) is 0 Å². The quantitative estimate of drug-likeness (QED) is 0.135. The highest BCUT2D eigenvalue weighted by molar-refractivity contribution is 6.26. The summed E-state index contributed by atoms with van der Waals surface area (Å²) in [5.74, 6) is 0. The van der Waals surface area contributed by atoms with E-state index >= 15 is 0 Å². The van der Waals surface area contributed by atoms with Gasteiger partial charge in [0.2, 0.25) is 0 Å². The zero-order valence-corrected chi connectivity index (χ0v) is 24.9. The highest BCUT2D eigenvalue weighted by atomic mass is 14.2. The number of hydrogen-bond donors (Lipinski definition) is 0. The average Bonchev–Trinajstić information content (AvgIpc) is 3.32. The van der Waals surface area contributed by atoms with Crippen molar-refractivity contribution < 1.29 is 26.0 Å². The molecule has 0 atom stereocenters. The van der Waals surface area contributed by atoms with Gasteiger partial charge in [-0.05, 0) is 116 Å². The summed E-state index contributed by atoms with van der Waals surface area (Å²) < 4.78 is 173. The Kier molecular flexibility index (Phi) is 3.17. The molecule has 0 amide bonds. The van der Waals surface area contributed by atoms with E-state index in [9.17, 15) is 13.7 Å². The van der Waals surface area contributed by atoms with Crippen molar-refractivity contribution in [2.45, 2.75) is 0 Å². The molecule has 0 unspecified atom stereocenters. The van der Waals surface area contributed by atoms with Crippen LogP contribution in [0.3, 0.4) is 0 Å². The van der Waals surface area contributed by atoms with Gasteiger partial charge in [-0.15, -0.1) is 0 Å². The molecule has 0 N–H and O–H groups in total. The van der Waals surface area contributed by atoms with E-state index in [1.165, 1.54) is 0 Å². The fraction of sp³-hybridized carbons (Fsp3) is 0. The van der Waals surface area contributed by atoms with Crippen LogP contribution < -0.4 is 0 Å². The molecular weight excluding hydrogens is 577 g/mol. The predicted octanol–water partition coefficient (Wildman–Crippen LogP) is 13.6. The van der Waals surface area contributed by atoms with Crippen LogP contribution in [0, 0.1) is 0 Å². The third-order valence-corrected chi connectivity index (χ3v) is 8.78. The van der Waals surface area contributed by atoms with Crippen LogP contribution in [-0.2, 0) is 0 Å². The fourth-order valence-electron chi connectivity index (χ4n) is 6.71. The molecule has 0 aliphatic carbocycles. The third-order valence-electron chi connectivity index (χ3n) is 8.78. The molecule has 0 aliphatic rings. The predicted molar refractivity (Wildman–Crippen MR) is 208 cm³/mol. The van der Waals surface area contributed by atoms with E-state index in [-0.39, 0.29) is 11.1 Å². The minimum absolute atomic E-state index is 0.161. The molecule has 48 heavy (non-hydrogen) atoms. The summed E-state index contributed by atoms with van der Waals surface area (Å²) in [4.78, 5) is 0. The van der Waals surface area contributed by atoms with E-state index in [1.54, 1.807) is 12.1 Å². The first-order valence-electron chi connectivity index (χ1n) is 24.6. The van der Waals surface area contributed by atoms with Crippen LogP contribution in [-0.4, -0.2) is 0 Å². The van der Waals surface area contributed by atoms with E-state index in [0.29, 0.717) is 0 Å². The van der Waals surface area contributed by atoms with Crippen LogP contribution in [0.15, 0.2) is 182 Å². The number of fused-ring (bicyclic) bond motifs is 9. The molecule has 222 valence electrons. The second-order valence-corrected chi connectivity index (χ2v) is 11.4. The zero-order chi connectivity index (χ0) is 48.1. The van der Waals surface area contributed by atoms with Gasteiger partial charge in [-0.3, -0.25) is 0 Å². The van der Waals surface area contributed by atoms with Gasteiger partial charge in [-0.2, -0.15) is 0 Å². The van der Waals surface area contributed by atoms with E-state index in [2.05, 4.69) is 0 Å². The highest BCUT2D eigenvalue weighted by Crippen LogP contribution is 2.45. The summed E-state index contributed by atoms with van der Waals surface area (Å²) in [7, 11) is 0. The summed E-state index contributed by atoms with van der Waals surface area (Å²) in [5, 5.41) is 2.12. The van der Waals surface area contributed by atoms with Crippen molar-refractivity contribution in [2.75, 3.05) is 0 Å². The summed E-state index contributed by atoms with van der Waals surface area (Å²) in [6.07, 6.45) is 0. The molecular formula is C48H30.